The van der Waals surface area contributed by atoms with Crippen molar-refractivity contribution in [1.29, 1.82) is 0 Å². The zero-order valence-corrected chi connectivity index (χ0v) is 15.9. The smallest absolute Gasteiger partial charge is 0.416 e. The van der Waals surface area contributed by atoms with Crippen molar-refractivity contribution in [1.82, 2.24) is 10.2 Å². The van der Waals surface area contributed by atoms with Gasteiger partial charge in [0.05, 0.1) is 18.7 Å². The van der Waals surface area contributed by atoms with E-state index in [1.54, 1.807) is 6.92 Å². The van der Waals surface area contributed by atoms with Crippen LogP contribution in [0.15, 0.2) is 18.2 Å². The zero-order chi connectivity index (χ0) is 21.2. The largest absolute Gasteiger partial charge is 0.439 e. The molecule has 1 aromatic carbocycles. The SMILES string of the molecule is CCCC(=O)Nc1cc(C(=O)N2CCCC3(CNC(=O)O3)C2)cc(C(F)(F)F)c1. The standard InChI is InChI=1S/C19H22F3N3O4/c1-2-4-15(26)24-14-8-12(7-13(9-14)19(20,21)22)16(27)25-6-3-5-18(11-25)10-23-17(28)29-18/h7-9H,2-6,10-11H2,1H3,(H,23,28)(H,24,26). The van der Waals surface area contributed by atoms with E-state index in [0.29, 0.717) is 25.8 Å². The van der Waals surface area contributed by atoms with E-state index in [9.17, 15) is 27.6 Å². The Morgan fingerprint density at radius 1 is 1.31 bits per heavy atom. The first-order valence-electron chi connectivity index (χ1n) is 9.40. The van der Waals surface area contributed by atoms with Crippen LogP contribution in [-0.2, 0) is 15.7 Å². The molecular formula is C19H22F3N3O4. The maximum atomic E-state index is 13.3. The molecule has 0 bridgehead atoms. The molecule has 2 saturated heterocycles. The Balaban J connectivity index is 1.86. The van der Waals surface area contributed by atoms with Gasteiger partial charge in [0.25, 0.3) is 5.91 Å². The van der Waals surface area contributed by atoms with Crippen LogP contribution in [0.5, 0.6) is 0 Å². The Kier molecular flexibility index (Phi) is 5.72. The van der Waals surface area contributed by atoms with Gasteiger partial charge in [-0.2, -0.15) is 13.2 Å². The van der Waals surface area contributed by atoms with Crippen molar-refractivity contribution in [3.05, 3.63) is 29.3 Å². The number of benzene rings is 1. The van der Waals surface area contributed by atoms with Gasteiger partial charge in [0.15, 0.2) is 0 Å². The number of alkyl carbamates (subject to hydrolysis) is 1. The van der Waals surface area contributed by atoms with Crippen LogP contribution < -0.4 is 10.6 Å². The first kappa shape index (κ1) is 20.9. The molecular weight excluding hydrogens is 391 g/mol. The normalized spacial score (nSPS) is 21.7. The molecule has 3 amide bonds. The first-order valence-corrected chi connectivity index (χ1v) is 9.40. The fraction of sp³-hybridized carbons (Fsp3) is 0.526. The minimum Gasteiger partial charge on any atom is -0.439 e. The molecule has 0 aromatic heterocycles. The number of halogens is 3. The summed E-state index contributed by atoms with van der Waals surface area (Å²) in [4.78, 5) is 37.6. The predicted molar refractivity (Wildman–Crippen MR) is 97.3 cm³/mol. The molecule has 2 aliphatic heterocycles. The second kappa shape index (κ2) is 7.92. The van der Waals surface area contributed by atoms with E-state index in [1.165, 1.54) is 11.0 Å². The number of carbonyl (C=O) groups excluding carboxylic acids is 3. The van der Waals surface area contributed by atoms with E-state index in [4.69, 9.17) is 4.74 Å². The van der Waals surface area contributed by atoms with Crippen molar-refractivity contribution in [3.8, 4) is 0 Å². The van der Waals surface area contributed by atoms with Crippen molar-refractivity contribution in [2.75, 3.05) is 25.0 Å². The Hall–Kier alpha value is -2.78. The third kappa shape index (κ3) is 4.80. The summed E-state index contributed by atoms with van der Waals surface area (Å²) >= 11 is 0. The minimum atomic E-state index is -4.67. The van der Waals surface area contributed by atoms with Crippen LogP contribution in [0.25, 0.3) is 0 Å². The van der Waals surface area contributed by atoms with E-state index in [0.717, 1.165) is 12.1 Å². The van der Waals surface area contributed by atoms with Gasteiger partial charge in [-0.25, -0.2) is 4.79 Å². The molecule has 2 fully saturated rings. The lowest BCUT2D eigenvalue weighted by atomic mass is 9.92. The van der Waals surface area contributed by atoms with Gasteiger partial charge in [-0.05, 0) is 37.5 Å². The molecule has 1 unspecified atom stereocenters. The van der Waals surface area contributed by atoms with Crippen molar-refractivity contribution in [2.45, 2.75) is 44.4 Å². The van der Waals surface area contributed by atoms with Gasteiger partial charge in [0, 0.05) is 24.2 Å². The Morgan fingerprint density at radius 3 is 2.69 bits per heavy atom. The molecule has 1 aromatic rings. The summed E-state index contributed by atoms with van der Waals surface area (Å²) in [5, 5.41) is 4.97. The fourth-order valence-corrected chi connectivity index (χ4v) is 3.62. The van der Waals surface area contributed by atoms with E-state index < -0.39 is 35.2 Å². The number of rotatable bonds is 4. The van der Waals surface area contributed by atoms with Crippen molar-refractivity contribution in [2.24, 2.45) is 0 Å². The molecule has 2 N–H and O–H groups in total. The van der Waals surface area contributed by atoms with Crippen LogP contribution >= 0.6 is 0 Å². The van der Waals surface area contributed by atoms with E-state index >= 15 is 0 Å². The van der Waals surface area contributed by atoms with Gasteiger partial charge >= 0.3 is 12.3 Å². The molecule has 1 atom stereocenters. The van der Waals surface area contributed by atoms with Crippen molar-refractivity contribution < 1.29 is 32.3 Å². The molecule has 29 heavy (non-hydrogen) atoms. The molecule has 0 saturated carbocycles. The van der Waals surface area contributed by atoms with Gasteiger partial charge in [0.1, 0.15) is 5.60 Å². The maximum Gasteiger partial charge on any atom is 0.416 e. The molecule has 158 valence electrons. The number of hydrogen-bond acceptors (Lipinski definition) is 4. The number of piperidine rings is 1. The number of likely N-dealkylation sites (tertiary alicyclic amines) is 1. The Morgan fingerprint density at radius 2 is 2.07 bits per heavy atom. The van der Waals surface area contributed by atoms with Gasteiger partial charge in [-0.1, -0.05) is 6.92 Å². The van der Waals surface area contributed by atoms with E-state index in [2.05, 4.69) is 10.6 Å². The lowest BCUT2D eigenvalue weighted by Crippen LogP contribution is -2.52. The van der Waals surface area contributed by atoms with Gasteiger partial charge in [-0.15, -0.1) is 0 Å². The average molecular weight is 413 g/mol. The molecule has 0 radical (unpaired) electrons. The third-order valence-electron chi connectivity index (χ3n) is 4.96. The molecule has 1 spiro atoms. The monoisotopic (exact) mass is 413 g/mol. The highest BCUT2D eigenvalue weighted by Crippen LogP contribution is 2.34. The van der Waals surface area contributed by atoms with Crippen LogP contribution in [0, 0.1) is 0 Å². The number of anilines is 1. The first-order chi connectivity index (χ1) is 13.6. The number of nitrogens with zero attached hydrogens (tertiary/aromatic N) is 1. The third-order valence-corrected chi connectivity index (χ3v) is 4.96. The van der Waals surface area contributed by atoms with Gasteiger partial charge in [-0.3, -0.25) is 9.59 Å². The molecule has 3 rings (SSSR count). The molecule has 2 aliphatic rings. The highest BCUT2D eigenvalue weighted by atomic mass is 19.4. The second-order valence-electron chi connectivity index (χ2n) is 7.35. The number of hydrogen-bond donors (Lipinski definition) is 2. The van der Waals surface area contributed by atoms with Crippen molar-refractivity contribution in [3.63, 3.8) is 0 Å². The molecule has 10 heteroatoms. The summed E-state index contributed by atoms with van der Waals surface area (Å²) in [6, 6.07) is 2.83. The lowest BCUT2D eigenvalue weighted by Gasteiger charge is -2.38. The predicted octanol–water partition coefficient (Wildman–Crippen LogP) is 3.16. The average Bonchev–Trinajstić information content (AvgIpc) is 3.00. The summed E-state index contributed by atoms with van der Waals surface area (Å²) in [7, 11) is 0. The fourth-order valence-electron chi connectivity index (χ4n) is 3.62. The van der Waals surface area contributed by atoms with E-state index in [1.807, 2.05) is 0 Å². The Bertz CT molecular complexity index is 827. The minimum absolute atomic E-state index is 0.0812. The van der Waals surface area contributed by atoms with Gasteiger partial charge in [0.2, 0.25) is 5.91 Å². The van der Waals surface area contributed by atoms with Crippen LogP contribution in [-0.4, -0.2) is 48.0 Å². The number of nitrogens with one attached hydrogen (secondary N) is 2. The summed E-state index contributed by atoms with van der Waals surface area (Å²) in [5.41, 5.74) is -2.13. The summed E-state index contributed by atoms with van der Waals surface area (Å²) < 4.78 is 45.3. The quantitative estimate of drug-likeness (QED) is 0.794. The van der Waals surface area contributed by atoms with Crippen LogP contribution in [0.4, 0.5) is 23.7 Å². The lowest BCUT2D eigenvalue weighted by molar-refractivity contribution is -0.137. The number of carbonyl (C=O) groups is 3. The topological polar surface area (TPSA) is 87.7 Å². The second-order valence-corrected chi connectivity index (χ2v) is 7.35. The number of alkyl halides is 3. The summed E-state index contributed by atoms with van der Waals surface area (Å²) in [6.45, 7) is 2.46. The number of amides is 3. The highest BCUT2D eigenvalue weighted by Gasteiger charge is 2.45. The summed E-state index contributed by atoms with van der Waals surface area (Å²) in [5.74, 6) is -1.03. The maximum absolute atomic E-state index is 13.3. The molecule has 2 heterocycles. The number of ether oxygens (including phenoxy) is 1. The van der Waals surface area contributed by atoms with Crippen LogP contribution in [0.1, 0.15) is 48.5 Å². The van der Waals surface area contributed by atoms with Crippen molar-refractivity contribution >= 4 is 23.6 Å². The molecule has 7 nitrogen and oxygen atoms in total. The van der Waals surface area contributed by atoms with Crippen LogP contribution in [0.3, 0.4) is 0 Å². The highest BCUT2D eigenvalue weighted by molar-refractivity contribution is 5.97. The Labute approximate surface area is 165 Å². The van der Waals surface area contributed by atoms with E-state index in [-0.39, 0.29) is 30.8 Å². The zero-order valence-electron chi connectivity index (χ0n) is 15.9. The summed E-state index contributed by atoms with van der Waals surface area (Å²) in [6.07, 6.45) is -3.42. The molecule has 0 aliphatic carbocycles. The van der Waals surface area contributed by atoms with Gasteiger partial charge < -0.3 is 20.3 Å². The van der Waals surface area contributed by atoms with Crippen LogP contribution in [0.2, 0.25) is 0 Å².